The Labute approximate surface area is 351 Å². The number of benzene rings is 10. The van der Waals surface area contributed by atoms with Gasteiger partial charge in [0.2, 0.25) is 0 Å². The molecule has 0 aliphatic carbocycles. The molecule has 0 fully saturated rings. The highest BCUT2D eigenvalue weighted by Crippen LogP contribution is 2.48. The van der Waals surface area contributed by atoms with Gasteiger partial charge in [0.1, 0.15) is 5.58 Å². The number of hydrogen-bond acceptors (Lipinski definition) is 5. The Balaban J connectivity index is 0.982. The van der Waals surface area contributed by atoms with Gasteiger partial charge in [-0.05, 0) is 69.4 Å². The predicted molar refractivity (Wildman–Crippen MR) is 254 cm³/mol. The second-order valence-electron chi connectivity index (χ2n) is 15.9. The topological polar surface area (TPSA) is 56.7 Å². The van der Waals surface area contributed by atoms with Crippen LogP contribution in [-0.2, 0) is 0 Å². The van der Waals surface area contributed by atoms with Gasteiger partial charge in [-0.2, -0.15) is 0 Å². The van der Waals surface area contributed by atoms with Crippen molar-refractivity contribution in [2.45, 2.75) is 0 Å². The highest BCUT2D eigenvalue weighted by Gasteiger charge is 2.24. The Morgan fingerprint density at radius 1 is 0.377 bits per heavy atom. The number of thiophene rings is 1. The largest absolute Gasteiger partial charge is 0.454 e. The van der Waals surface area contributed by atoms with Gasteiger partial charge in [-0.3, -0.25) is 0 Å². The third-order valence-corrected chi connectivity index (χ3v) is 13.7. The van der Waals surface area contributed by atoms with Crippen molar-refractivity contribution in [3.63, 3.8) is 0 Å². The standard InChI is InChI=1S/C55H30N4OS/c1-2-12-31(13-3-1)53-56-54(58-55(57-53)34-25-27-39-38-17-8-9-23-47(38)61-48(39)30-34)33-24-26-37-42-20-11-22-44(52(42)60-46(37)29-33)59-43-21-10-19-41-36-16-6-7-18-40(36)49-35-15-5-4-14-32(35)28-45(59)51(49)50(41)43/h1-30H. The minimum Gasteiger partial charge on any atom is -0.454 e. The molecule has 0 bridgehead atoms. The summed E-state index contributed by atoms with van der Waals surface area (Å²) < 4.78 is 11.9. The lowest BCUT2D eigenvalue weighted by molar-refractivity contribution is 0.666. The van der Waals surface area contributed by atoms with Crippen molar-refractivity contribution in [1.29, 1.82) is 0 Å². The molecule has 0 saturated carbocycles. The van der Waals surface area contributed by atoms with E-state index in [9.17, 15) is 0 Å². The molecule has 0 atom stereocenters. The van der Waals surface area contributed by atoms with Crippen LogP contribution in [0.2, 0.25) is 0 Å². The first-order chi connectivity index (χ1) is 30.2. The van der Waals surface area contributed by atoms with Crippen molar-refractivity contribution in [3.05, 3.63) is 182 Å². The summed E-state index contributed by atoms with van der Waals surface area (Å²) in [4.78, 5) is 15.3. The number of para-hydroxylation sites is 1. The van der Waals surface area contributed by atoms with Gasteiger partial charge in [0.25, 0.3) is 0 Å². The van der Waals surface area contributed by atoms with Crippen LogP contribution in [0, 0.1) is 0 Å². The minimum absolute atomic E-state index is 0.593. The van der Waals surface area contributed by atoms with Crippen LogP contribution in [0.3, 0.4) is 0 Å². The van der Waals surface area contributed by atoms with Crippen molar-refractivity contribution in [1.82, 2.24) is 19.5 Å². The number of aromatic nitrogens is 4. The molecule has 4 heterocycles. The molecular weight excluding hydrogens is 765 g/mol. The molecule has 5 nitrogen and oxygen atoms in total. The molecule has 0 aliphatic heterocycles. The Morgan fingerprint density at radius 3 is 1.85 bits per heavy atom. The minimum atomic E-state index is 0.593. The predicted octanol–water partition coefficient (Wildman–Crippen LogP) is 15.1. The second kappa shape index (κ2) is 12.3. The van der Waals surface area contributed by atoms with Gasteiger partial charge in [-0.1, -0.05) is 140 Å². The summed E-state index contributed by atoms with van der Waals surface area (Å²) in [6.07, 6.45) is 0. The van der Waals surface area contributed by atoms with Crippen molar-refractivity contribution < 1.29 is 4.42 Å². The van der Waals surface area contributed by atoms with Gasteiger partial charge >= 0.3 is 0 Å². The van der Waals surface area contributed by atoms with Crippen LogP contribution in [-0.4, -0.2) is 19.5 Å². The maximum Gasteiger partial charge on any atom is 0.164 e. The molecule has 0 N–H and O–H groups in total. The van der Waals surface area contributed by atoms with E-state index in [0.29, 0.717) is 17.5 Å². The molecule has 0 aliphatic rings. The van der Waals surface area contributed by atoms with Crippen molar-refractivity contribution in [2.75, 3.05) is 0 Å². The van der Waals surface area contributed by atoms with Crippen LogP contribution in [0.5, 0.6) is 0 Å². The molecule has 4 aromatic heterocycles. The number of nitrogens with zero attached hydrogens (tertiary/aromatic N) is 4. The quantitative estimate of drug-likeness (QED) is 0.167. The van der Waals surface area contributed by atoms with Crippen molar-refractivity contribution in [2.24, 2.45) is 0 Å². The molecule has 0 unspecified atom stereocenters. The summed E-state index contributed by atoms with van der Waals surface area (Å²) in [6, 6.07) is 64.8. The number of rotatable bonds is 4. The maximum absolute atomic E-state index is 7.01. The van der Waals surface area contributed by atoms with Crippen LogP contribution in [0.1, 0.15) is 0 Å². The lowest BCUT2D eigenvalue weighted by atomic mass is 9.91. The van der Waals surface area contributed by atoms with E-state index in [1.165, 1.54) is 68.8 Å². The fourth-order valence-electron chi connectivity index (χ4n) is 9.89. The highest BCUT2D eigenvalue weighted by atomic mass is 32.1. The SMILES string of the molecule is c1ccc(-c2nc(-c3ccc4c(c3)oc3c(-n5c6cccc7c8ccccc8c8c9ccccc9cc5c8c76)cccc34)nc(-c3ccc4c(c3)sc3ccccc34)n2)cc1. The Bertz CT molecular complexity index is 4120. The Morgan fingerprint density at radius 2 is 1.00 bits per heavy atom. The molecule has 0 saturated heterocycles. The molecule has 14 rings (SSSR count). The molecule has 10 aromatic carbocycles. The highest BCUT2D eigenvalue weighted by molar-refractivity contribution is 7.25. The van der Waals surface area contributed by atoms with E-state index in [1.54, 1.807) is 11.3 Å². The summed E-state index contributed by atoms with van der Waals surface area (Å²) >= 11 is 1.79. The lowest BCUT2D eigenvalue weighted by Crippen LogP contribution is -2.00. The molecule has 6 heteroatoms. The fraction of sp³-hybridized carbons (Fsp3) is 0. The average molecular weight is 795 g/mol. The smallest absolute Gasteiger partial charge is 0.164 e. The van der Waals surface area contributed by atoms with Gasteiger partial charge in [-0.25, -0.2) is 15.0 Å². The van der Waals surface area contributed by atoms with E-state index in [4.69, 9.17) is 19.4 Å². The van der Waals surface area contributed by atoms with Crippen LogP contribution in [0.25, 0.3) is 136 Å². The molecule has 61 heavy (non-hydrogen) atoms. The number of fused-ring (bicyclic) bond motifs is 11. The van der Waals surface area contributed by atoms with E-state index in [0.717, 1.165) is 49.8 Å². The van der Waals surface area contributed by atoms with Crippen LogP contribution < -0.4 is 0 Å². The van der Waals surface area contributed by atoms with Gasteiger partial charge in [0.05, 0.1) is 16.7 Å². The summed E-state index contributed by atoms with van der Waals surface area (Å²) in [6.45, 7) is 0. The van der Waals surface area contributed by atoms with E-state index in [2.05, 4.69) is 156 Å². The van der Waals surface area contributed by atoms with E-state index < -0.39 is 0 Å². The third kappa shape index (κ3) is 4.68. The monoisotopic (exact) mass is 794 g/mol. The normalized spacial score (nSPS) is 12.3. The van der Waals surface area contributed by atoms with Crippen molar-refractivity contribution in [3.8, 4) is 39.9 Å². The van der Waals surface area contributed by atoms with Gasteiger partial charge < -0.3 is 8.98 Å². The second-order valence-corrected chi connectivity index (χ2v) is 17.0. The molecular formula is C55H30N4OS. The summed E-state index contributed by atoms with van der Waals surface area (Å²) in [5.41, 5.74) is 7.69. The first-order valence-corrected chi connectivity index (χ1v) is 21.3. The number of furan rings is 1. The maximum atomic E-state index is 7.01. The van der Waals surface area contributed by atoms with Gasteiger partial charge in [0, 0.05) is 63.8 Å². The van der Waals surface area contributed by atoms with Gasteiger partial charge in [0.15, 0.2) is 23.1 Å². The Hall–Kier alpha value is -7.93. The molecule has 282 valence electrons. The van der Waals surface area contributed by atoms with Crippen LogP contribution >= 0.6 is 11.3 Å². The zero-order valence-corrected chi connectivity index (χ0v) is 33.2. The van der Waals surface area contributed by atoms with Gasteiger partial charge in [-0.15, -0.1) is 11.3 Å². The van der Waals surface area contributed by atoms with Crippen molar-refractivity contribution >= 4 is 108 Å². The summed E-state index contributed by atoms with van der Waals surface area (Å²) in [5, 5.41) is 14.7. The van der Waals surface area contributed by atoms with E-state index in [-0.39, 0.29) is 0 Å². The third-order valence-electron chi connectivity index (χ3n) is 12.6. The molecule has 0 amide bonds. The summed E-state index contributed by atoms with van der Waals surface area (Å²) in [5.74, 6) is 1.85. The first-order valence-electron chi connectivity index (χ1n) is 20.5. The van der Waals surface area contributed by atoms with E-state index in [1.807, 2.05) is 30.3 Å². The van der Waals surface area contributed by atoms with E-state index >= 15 is 0 Å². The summed E-state index contributed by atoms with van der Waals surface area (Å²) in [7, 11) is 0. The Kier molecular flexibility index (Phi) is 6.65. The molecule has 14 aromatic rings. The zero-order chi connectivity index (χ0) is 39.8. The average Bonchev–Trinajstić information content (AvgIpc) is 4.00. The lowest BCUT2D eigenvalue weighted by Gasteiger charge is -2.11. The molecule has 0 spiro atoms. The fourth-order valence-corrected chi connectivity index (χ4v) is 11.0. The van der Waals surface area contributed by atoms with Crippen LogP contribution in [0.15, 0.2) is 186 Å². The molecule has 0 radical (unpaired) electrons. The number of hydrogen-bond donors (Lipinski definition) is 0. The van der Waals surface area contributed by atoms with Crippen LogP contribution in [0.4, 0.5) is 0 Å². The zero-order valence-electron chi connectivity index (χ0n) is 32.4. The first kappa shape index (κ1) is 33.0.